The molecule has 3 nitrogen and oxygen atoms in total. The zero-order valence-electron chi connectivity index (χ0n) is 11.4. The highest BCUT2D eigenvalue weighted by molar-refractivity contribution is 6.40. The van der Waals surface area contributed by atoms with Gasteiger partial charge in [0.05, 0.1) is 6.61 Å². The Balaban J connectivity index is 2.14. The second-order valence-corrected chi connectivity index (χ2v) is 5.01. The molecule has 102 valence electrons. The first-order valence-electron chi connectivity index (χ1n) is 7.03. The van der Waals surface area contributed by atoms with Crippen molar-refractivity contribution in [3.05, 3.63) is 35.4 Å². The van der Waals surface area contributed by atoms with Crippen molar-refractivity contribution >= 4 is 11.8 Å². The quantitative estimate of drug-likeness (QED) is 0.473. The van der Waals surface area contributed by atoms with Crippen molar-refractivity contribution in [2.75, 3.05) is 6.61 Å². The molecule has 0 N–H and O–H groups in total. The molecule has 1 aromatic rings. The van der Waals surface area contributed by atoms with Crippen molar-refractivity contribution < 1.29 is 14.3 Å². The van der Waals surface area contributed by atoms with E-state index in [-0.39, 0.29) is 6.61 Å². The molecule has 0 bridgehead atoms. The molecule has 0 atom stereocenters. The molecule has 2 rings (SSSR count). The van der Waals surface area contributed by atoms with Crippen LogP contribution in [0.4, 0.5) is 0 Å². The Morgan fingerprint density at radius 2 is 1.95 bits per heavy atom. The zero-order chi connectivity index (χ0) is 13.7. The minimum absolute atomic E-state index is 0.229. The third kappa shape index (κ3) is 3.43. The molecule has 1 aliphatic rings. The Bertz CT molecular complexity index is 459. The largest absolute Gasteiger partial charge is 0.460 e. The molecular formula is C16H20O3. The van der Waals surface area contributed by atoms with E-state index in [0.717, 1.165) is 0 Å². The summed E-state index contributed by atoms with van der Waals surface area (Å²) < 4.78 is 4.75. The first kappa shape index (κ1) is 13.8. The average molecular weight is 260 g/mol. The fraction of sp³-hybridized carbons (Fsp3) is 0.500. The lowest BCUT2D eigenvalue weighted by molar-refractivity contribution is -0.137. The van der Waals surface area contributed by atoms with E-state index in [4.69, 9.17) is 4.74 Å². The van der Waals surface area contributed by atoms with Crippen LogP contribution in [0.1, 0.15) is 60.9 Å². The van der Waals surface area contributed by atoms with Gasteiger partial charge in [-0.2, -0.15) is 0 Å². The Morgan fingerprint density at radius 3 is 2.63 bits per heavy atom. The molecule has 1 fully saturated rings. The SMILES string of the molecule is CCOC(=O)C(=O)c1cccc(C2CCCCC2)c1. The van der Waals surface area contributed by atoms with Crippen molar-refractivity contribution in [1.82, 2.24) is 0 Å². The van der Waals surface area contributed by atoms with Crippen LogP contribution in [0.25, 0.3) is 0 Å². The summed E-state index contributed by atoms with van der Waals surface area (Å²) in [5.41, 5.74) is 1.62. The molecule has 0 aromatic heterocycles. The number of ketones is 1. The van der Waals surface area contributed by atoms with Crippen molar-refractivity contribution in [2.24, 2.45) is 0 Å². The van der Waals surface area contributed by atoms with Crippen molar-refractivity contribution in [1.29, 1.82) is 0 Å². The van der Waals surface area contributed by atoms with E-state index in [0.29, 0.717) is 11.5 Å². The molecule has 0 saturated heterocycles. The lowest BCUT2D eigenvalue weighted by Gasteiger charge is -2.22. The molecule has 1 aliphatic carbocycles. The Hall–Kier alpha value is -1.64. The lowest BCUT2D eigenvalue weighted by Crippen LogP contribution is -2.18. The van der Waals surface area contributed by atoms with Crippen LogP contribution >= 0.6 is 0 Å². The van der Waals surface area contributed by atoms with Crippen molar-refractivity contribution in [2.45, 2.75) is 44.9 Å². The van der Waals surface area contributed by atoms with E-state index in [1.165, 1.54) is 37.7 Å². The van der Waals surface area contributed by atoms with Crippen LogP contribution in [0.5, 0.6) is 0 Å². The summed E-state index contributed by atoms with van der Waals surface area (Å²) in [6.45, 7) is 1.93. The second-order valence-electron chi connectivity index (χ2n) is 5.01. The number of hydrogen-bond donors (Lipinski definition) is 0. The van der Waals surface area contributed by atoms with Gasteiger partial charge in [0.1, 0.15) is 0 Å². The topological polar surface area (TPSA) is 43.4 Å². The Labute approximate surface area is 114 Å². The lowest BCUT2D eigenvalue weighted by atomic mass is 9.83. The number of esters is 1. The summed E-state index contributed by atoms with van der Waals surface area (Å²) >= 11 is 0. The summed E-state index contributed by atoms with van der Waals surface area (Å²) in [6.07, 6.45) is 6.16. The van der Waals surface area contributed by atoms with Crippen molar-refractivity contribution in [3.8, 4) is 0 Å². The first-order valence-corrected chi connectivity index (χ1v) is 7.03. The van der Waals surface area contributed by atoms with E-state index in [1.807, 2.05) is 12.1 Å². The van der Waals surface area contributed by atoms with Gasteiger partial charge in [-0.25, -0.2) is 4.79 Å². The molecule has 1 aromatic carbocycles. The first-order chi connectivity index (χ1) is 9.22. The number of rotatable bonds is 4. The molecule has 1 saturated carbocycles. The molecule has 0 heterocycles. The van der Waals surface area contributed by atoms with E-state index in [1.54, 1.807) is 13.0 Å². The molecule has 0 unspecified atom stereocenters. The standard InChI is InChI=1S/C16H20O3/c1-2-19-16(18)15(17)14-10-6-9-13(11-14)12-7-4-3-5-8-12/h6,9-12H,2-5,7-8H2,1H3. The Kier molecular flexibility index (Phi) is 4.72. The maximum Gasteiger partial charge on any atom is 0.379 e. The van der Waals surface area contributed by atoms with Gasteiger partial charge in [-0.3, -0.25) is 4.79 Å². The van der Waals surface area contributed by atoms with Crippen LogP contribution in [0, 0.1) is 0 Å². The van der Waals surface area contributed by atoms with Crippen LogP contribution < -0.4 is 0 Å². The summed E-state index contributed by atoms with van der Waals surface area (Å²) in [4.78, 5) is 23.4. The van der Waals surface area contributed by atoms with E-state index < -0.39 is 11.8 Å². The van der Waals surface area contributed by atoms with Crippen molar-refractivity contribution in [3.63, 3.8) is 0 Å². The van der Waals surface area contributed by atoms with Gasteiger partial charge in [0.2, 0.25) is 0 Å². The highest BCUT2D eigenvalue weighted by atomic mass is 16.5. The van der Waals surface area contributed by atoms with E-state index in [2.05, 4.69) is 6.07 Å². The summed E-state index contributed by atoms with van der Waals surface area (Å²) in [7, 11) is 0. The minimum atomic E-state index is -0.761. The van der Waals surface area contributed by atoms with Crippen LogP contribution in [0.3, 0.4) is 0 Å². The third-order valence-corrected chi connectivity index (χ3v) is 3.69. The number of Topliss-reactive ketones (excluding diaryl/α,β-unsaturated/α-hetero) is 1. The number of carbonyl (C=O) groups excluding carboxylic acids is 2. The van der Waals surface area contributed by atoms with Crippen LogP contribution in [0.2, 0.25) is 0 Å². The normalized spacial score (nSPS) is 16.1. The van der Waals surface area contributed by atoms with Gasteiger partial charge in [0, 0.05) is 5.56 Å². The van der Waals surface area contributed by atoms with Gasteiger partial charge in [-0.05, 0) is 37.3 Å². The maximum atomic E-state index is 11.9. The predicted octanol–water partition coefficient (Wildman–Crippen LogP) is 3.48. The van der Waals surface area contributed by atoms with Crippen LogP contribution in [-0.4, -0.2) is 18.4 Å². The fourth-order valence-electron chi connectivity index (χ4n) is 2.68. The monoisotopic (exact) mass is 260 g/mol. The van der Waals surface area contributed by atoms with E-state index in [9.17, 15) is 9.59 Å². The number of benzene rings is 1. The summed E-state index contributed by atoms with van der Waals surface area (Å²) in [5, 5.41) is 0. The van der Waals surface area contributed by atoms with Gasteiger partial charge in [-0.15, -0.1) is 0 Å². The molecule has 19 heavy (non-hydrogen) atoms. The third-order valence-electron chi connectivity index (χ3n) is 3.69. The molecule has 0 radical (unpaired) electrons. The predicted molar refractivity (Wildman–Crippen MR) is 73.2 cm³/mol. The Morgan fingerprint density at radius 1 is 1.21 bits per heavy atom. The van der Waals surface area contributed by atoms with Gasteiger partial charge in [0.15, 0.2) is 0 Å². The molecular weight excluding hydrogens is 240 g/mol. The van der Waals surface area contributed by atoms with E-state index >= 15 is 0 Å². The second kappa shape index (κ2) is 6.50. The minimum Gasteiger partial charge on any atom is -0.460 e. The van der Waals surface area contributed by atoms with Gasteiger partial charge < -0.3 is 4.74 Å². The average Bonchev–Trinajstić information content (AvgIpc) is 2.48. The molecule has 0 aliphatic heterocycles. The molecule has 3 heteroatoms. The summed E-state index contributed by atoms with van der Waals surface area (Å²) in [5.74, 6) is -0.772. The number of carbonyl (C=O) groups is 2. The smallest absolute Gasteiger partial charge is 0.379 e. The zero-order valence-corrected chi connectivity index (χ0v) is 11.4. The number of ether oxygens (including phenoxy) is 1. The summed E-state index contributed by atoms with van der Waals surface area (Å²) in [6, 6.07) is 7.45. The van der Waals surface area contributed by atoms with Gasteiger partial charge >= 0.3 is 5.97 Å². The highest BCUT2D eigenvalue weighted by Crippen LogP contribution is 2.32. The van der Waals surface area contributed by atoms with Gasteiger partial charge in [-0.1, -0.05) is 37.5 Å². The van der Waals surface area contributed by atoms with Crippen LogP contribution in [0.15, 0.2) is 24.3 Å². The fourth-order valence-corrected chi connectivity index (χ4v) is 2.68. The van der Waals surface area contributed by atoms with Gasteiger partial charge in [0.25, 0.3) is 5.78 Å². The highest BCUT2D eigenvalue weighted by Gasteiger charge is 2.20. The van der Waals surface area contributed by atoms with Crippen LogP contribution in [-0.2, 0) is 9.53 Å². The molecule has 0 amide bonds. The number of hydrogen-bond acceptors (Lipinski definition) is 3. The maximum absolute atomic E-state index is 11.9. The molecule has 0 spiro atoms.